The second kappa shape index (κ2) is 10.2. The molecular formula is C25H31O5+. The van der Waals surface area contributed by atoms with E-state index in [1.54, 1.807) is 0 Å². The van der Waals surface area contributed by atoms with E-state index < -0.39 is 17.3 Å². The van der Waals surface area contributed by atoms with Gasteiger partial charge in [-0.1, -0.05) is 66.7 Å². The van der Waals surface area contributed by atoms with Gasteiger partial charge < -0.3 is 19.7 Å². The van der Waals surface area contributed by atoms with Crippen molar-refractivity contribution < 1.29 is 24.4 Å². The Morgan fingerprint density at radius 3 is 2.17 bits per heavy atom. The Kier molecular flexibility index (Phi) is 7.69. The molecule has 0 aliphatic carbocycles. The van der Waals surface area contributed by atoms with Gasteiger partial charge in [0.15, 0.2) is 11.7 Å². The summed E-state index contributed by atoms with van der Waals surface area (Å²) in [5.74, 6) is 0. The minimum absolute atomic E-state index is 0.105. The summed E-state index contributed by atoms with van der Waals surface area (Å²) in [4.78, 5) is 0. The predicted molar refractivity (Wildman–Crippen MR) is 115 cm³/mol. The van der Waals surface area contributed by atoms with Crippen molar-refractivity contribution in [1.29, 1.82) is 0 Å². The normalized spacial score (nSPS) is 26.9. The van der Waals surface area contributed by atoms with E-state index in [0.29, 0.717) is 26.1 Å². The van der Waals surface area contributed by atoms with Crippen molar-refractivity contribution >= 4 is 0 Å². The molecule has 0 radical (unpaired) electrons. The van der Waals surface area contributed by atoms with E-state index in [-0.39, 0.29) is 13.2 Å². The van der Waals surface area contributed by atoms with Crippen LogP contribution in [0.4, 0.5) is 0 Å². The van der Waals surface area contributed by atoms with Gasteiger partial charge in [0.25, 0.3) is 0 Å². The second-order valence-electron chi connectivity index (χ2n) is 7.84. The number of aliphatic hydroxyl groups is 2. The molecule has 5 heteroatoms. The van der Waals surface area contributed by atoms with Crippen LogP contribution in [0.25, 0.3) is 0 Å². The molecule has 0 aromatic heterocycles. The monoisotopic (exact) mass is 411 g/mol. The lowest BCUT2D eigenvalue weighted by Gasteiger charge is -2.42. The highest BCUT2D eigenvalue weighted by atomic mass is 16.6. The van der Waals surface area contributed by atoms with Crippen LogP contribution in [0, 0.1) is 6.10 Å². The molecule has 1 heterocycles. The molecule has 2 aromatic carbocycles. The van der Waals surface area contributed by atoms with Gasteiger partial charge in [-0.3, -0.25) is 0 Å². The van der Waals surface area contributed by atoms with Gasteiger partial charge in [0.05, 0.1) is 26.4 Å². The standard InChI is InChI=1S/C25H31O5/c1-3-24(26)15-14-20(2)30-23(18-28-16-21-10-6-4-7-11-21)25(24,27)19-29-17-22-12-8-5-9-13-22/h3-13,23,26-27H,1,14-19H2,2H3/q+1/t23-,24-,25-/m1/s1. The molecule has 2 N–H and O–H groups in total. The Hall–Kier alpha value is -2.15. The summed E-state index contributed by atoms with van der Waals surface area (Å²) in [5, 5.41) is 22.9. The van der Waals surface area contributed by atoms with Crippen LogP contribution in [-0.2, 0) is 27.4 Å². The fourth-order valence-corrected chi connectivity index (χ4v) is 3.69. The zero-order valence-electron chi connectivity index (χ0n) is 17.5. The fourth-order valence-electron chi connectivity index (χ4n) is 3.69. The van der Waals surface area contributed by atoms with Gasteiger partial charge in [-0.15, -0.1) is 6.58 Å². The van der Waals surface area contributed by atoms with E-state index >= 15 is 0 Å². The van der Waals surface area contributed by atoms with Crippen LogP contribution in [0.5, 0.6) is 0 Å². The summed E-state index contributed by atoms with van der Waals surface area (Å²) in [5.41, 5.74) is -1.27. The highest BCUT2D eigenvalue weighted by molar-refractivity contribution is 5.18. The number of hydrogen-bond donors (Lipinski definition) is 2. The Labute approximate surface area is 178 Å². The van der Waals surface area contributed by atoms with Gasteiger partial charge >= 0.3 is 0 Å². The summed E-state index contributed by atoms with van der Waals surface area (Å²) in [6.07, 6.45) is 2.14. The molecule has 0 amide bonds. The lowest BCUT2D eigenvalue weighted by atomic mass is 9.76. The molecule has 1 aliphatic rings. The second-order valence-corrected chi connectivity index (χ2v) is 7.84. The number of rotatable bonds is 9. The maximum atomic E-state index is 11.7. The topological polar surface area (TPSA) is 68.2 Å². The Morgan fingerprint density at radius 2 is 1.60 bits per heavy atom. The van der Waals surface area contributed by atoms with Crippen molar-refractivity contribution in [2.45, 2.75) is 50.3 Å². The van der Waals surface area contributed by atoms with Gasteiger partial charge in [0.2, 0.25) is 6.10 Å². The zero-order chi connectivity index (χ0) is 21.5. The minimum atomic E-state index is -1.71. The van der Waals surface area contributed by atoms with Crippen molar-refractivity contribution in [2.75, 3.05) is 13.2 Å². The third kappa shape index (κ3) is 5.31. The number of ether oxygens (including phenoxy) is 3. The zero-order valence-corrected chi connectivity index (χ0v) is 17.5. The highest BCUT2D eigenvalue weighted by Crippen LogP contribution is 2.40. The molecule has 30 heavy (non-hydrogen) atoms. The largest absolute Gasteiger partial charge is 0.382 e. The van der Waals surface area contributed by atoms with Crippen molar-refractivity contribution in [1.82, 2.24) is 0 Å². The molecule has 160 valence electrons. The third-order valence-corrected chi connectivity index (χ3v) is 5.64. The summed E-state index contributed by atoms with van der Waals surface area (Å²) in [7, 11) is 0. The highest BCUT2D eigenvalue weighted by Gasteiger charge is 2.58. The maximum absolute atomic E-state index is 11.7. The Bertz CT molecular complexity index is 781. The first-order valence-corrected chi connectivity index (χ1v) is 10.3. The summed E-state index contributed by atoms with van der Waals surface area (Å²) in [6.45, 7) is 6.32. The van der Waals surface area contributed by atoms with Crippen LogP contribution in [0.2, 0.25) is 0 Å². The summed E-state index contributed by atoms with van der Waals surface area (Å²) in [6, 6.07) is 19.5. The summed E-state index contributed by atoms with van der Waals surface area (Å²) >= 11 is 0. The molecule has 0 spiro atoms. The van der Waals surface area contributed by atoms with Gasteiger partial charge in [-0.2, -0.15) is 4.74 Å². The molecule has 5 nitrogen and oxygen atoms in total. The van der Waals surface area contributed by atoms with E-state index in [0.717, 1.165) is 17.2 Å². The van der Waals surface area contributed by atoms with E-state index in [2.05, 4.69) is 6.58 Å². The van der Waals surface area contributed by atoms with Crippen molar-refractivity contribution in [3.63, 3.8) is 0 Å². The van der Waals surface area contributed by atoms with Crippen LogP contribution >= 0.6 is 0 Å². The van der Waals surface area contributed by atoms with Gasteiger partial charge in [0.1, 0.15) is 18.9 Å². The van der Waals surface area contributed by atoms with Crippen molar-refractivity contribution in [3.05, 3.63) is 90.5 Å². The molecule has 1 saturated heterocycles. The minimum Gasteiger partial charge on any atom is -0.382 e. The van der Waals surface area contributed by atoms with Crippen LogP contribution in [0.1, 0.15) is 30.9 Å². The molecule has 0 saturated carbocycles. The van der Waals surface area contributed by atoms with E-state index in [4.69, 9.17) is 14.2 Å². The lowest BCUT2D eigenvalue weighted by molar-refractivity contribution is -0.221. The first kappa shape index (κ1) is 22.5. The Morgan fingerprint density at radius 1 is 1.03 bits per heavy atom. The lowest BCUT2D eigenvalue weighted by Crippen LogP contribution is -2.63. The first-order valence-electron chi connectivity index (χ1n) is 10.3. The third-order valence-electron chi connectivity index (χ3n) is 5.64. The molecule has 1 fully saturated rings. The molecule has 0 bridgehead atoms. The molecular weight excluding hydrogens is 380 g/mol. The van der Waals surface area contributed by atoms with E-state index in [9.17, 15) is 10.2 Å². The SMILES string of the molecule is C=C[C@@]1(O)CC[C+](C)O[C@H](COCc2ccccc2)[C@]1(O)COCc1ccccc1. The van der Waals surface area contributed by atoms with Crippen molar-refractivity contribution in [3.8, 4) is 0 Å². The first-order chi connectivity index (χ1) is 14.5. The molecule has 2 aromatic rings. The maximum Gasteiger partial charge on any atom is 0.238 e. The van der Waals surface area contributed by atoms with Gasteiger partial charge in [0, 0.05) is 6.42 Å². The van der Waals surface area contributed by atoms with Gasteiger partial charge in [-0.05, 0) is 11.1 Å². The van der Waals surface area contributed by atoms with Crippen LogP contribution in [-0.4, -0.2) is 40.7 Å². The summed E-state index contributed by atoms with van der Waals surface area (Å²) < 4.78 is 17.7. The fraction of sp³-hybridized carbons (Fsp3) is 0.400. The van der Waals surface area contributed by atoms with Gasteiger partial charge in [-0.25, -0.2) is 0 Å². The van der Waals surface area contributed by atoms with Crippen molar-refractivity contribution in [2.24, 2.45) is 0 Å². The Balaban J connectivity index is 1.73. The molecule has 3 rings (SSSR count). The van der Waals surface area contributed by atoms with Crippen LogP contribution in [0.3, 0.4) is 0 Å². The smallest absolute Gasteiger partial charge is 0.238 e. The molecule has 1 aliphatic heterocycles. The van der Waals surface area contributed by atoms with Crippen LogP contribution < -0.4 is 0 Å². The average Bonchev–Trinajstić information content (AvgIpc) is 2.86. The number of benzene rings is 2. The molecule has 0 unspecified atom stereocenters. The van der Waals surface area contributed by atoms with E-state index in [1.165, 1.54) is 6.08 Å². The van der Waals surface area contributed by atoms with E-state index in [1.807, 2.05) is 67.6 Å². The number of hydrogen-bond acceptors (Lipinski definition) is 5. The quantitative estimate of drug-likeness (QED) is 0.485. The molecule has 3 atom stereocenters. The average molecular weight is 412 g/mol. The van der Waals surface area contributed by atoms with Crippen LogP contribution in [0.15, 0.2) is 73.3 Å². The predicted octanol–water partition coefficient (Wildman–Crippen LogP) is 3.80.